The molecule has 60 valence electrons. The van der Waals surface area contributed by atoms with Crippen LogP contribution in [0.5, 0.6) is 0 Å². The number of aromatic nitrogens is 1. The fourth-order valence-electron chi connectivity index (χ4n) is 0.742. The van der Waals surface area contributed by atoms with Gasteiger partial charge in [-0.25, -0.2) is 4.98 Å². The Kier molecular flexibility index (Phi) is 2.83. The van der Waals surface area contributed by atoms with E-state index in [9.17, 15) is 0 Å². The molecule has 1 nitrogen and oxygen atoms in total. The van der Waals surface area contributed by atoms with Gasteiger partial charge in [-0.3, -0.25) is 0 Å². The molecule has 0 saturated heterocycles. The summed E-state index contributed by atoms with van der Waals surface area (Å²) < 4.78 is 0. The first-order valence-electron chi connectivity index (χ1n) is 3.79. The number of aryl methyl sites for hydroxylation is 1. The zero-order valence-electron chi connectivity index (χ0n) is 7.16. The molecule has 0 aliphatic heterocycles. The molecular weight excluding hydrogens is 154 g/mol. The number of allylic oxidation sites excluding steroid dienone is 1. The lowest BCUT2D eigenvalue weighted by Gasteiger charge is -1.90. The molecule has 0 saturated carbocycles. The highest BCUT2D eigenvalue weighted by molar-refractivity contribution is 7.12. The summed E-state index contributed by atoms with van der Waals surface area (Å²) in [7, 11) is 0. The van der Waals surface area contributed by atoms with Crippen molar-refractivity contribution < 1.29 is 0 Å². The van der Waals surface area contributed by atoms with Gasteiger partial charge in [0.15, 0.2) is 0 Å². The first-order chi connectivity index (χ1) is 5.18. The summed E-state index contributed by atoms with van der Waals surface area (Å²) in [6, 6.07) is 0. The van der Waals surface area contributed by atoms with E-state index in [1.165, 1.54) is 4.88 Å². The number of rotatable bonds is 2. The summed E-state index contributed by atoms with van der Waals surface area (Å²) in [5.41, 5.74) is 0. The molecule has 0 bridgehead atoms. The second kappa shape index (κ2) is 3.67. The largest absolute Gasteiger partial charge is 0.249 e. The second-order valence-corrected chi connectivity index (χ2v) is 4.15. The lowest BCUT2D eigenvalue weighted by atomic mass is 10.2. The first-order valence-corrected chi connectivity index (χ1v) is 4.61. The molecule has 0 radical (unpaired) electrons. The topological polar surface area (TPSA) is 12.9 Å². The quantitative estimate of drug-likeness (QED) is 0.659. The maximum atomic E-state index is 4.16. The van der Waals surface area contributed by atoms with Crippen LogP contribution in [0.25, 0.3) is 6.08 Å². The molecule has 0 aliphatic carbocycles. The van der Waals surface area contributed by atoms with Gasteiger partial charge in [0.2, 0.25) is 0 Å². The van der Waals surface area contributed by atoms with Crippen LogP contribution in [0.4, 0.5) is 0 Å². The summed E-state index contributed by atoms with van der Waals surface area (Å²) >= 11 is 1.73. The predicted molar refractivity (Wildman–Crippen MR) is 50.7 cm³/mol. The van der Waals surface area contributed by atoms with E-state index in [0.717, 1.165) is 5.01 Å². The summed E-state index contributed by atoms with van der Waals surface area (Å²) in [4.78, 5) is 5.41. The van der Waals surface area contributed by atoms with Gasteiger partial charge in [-0.2, -0.15) is 0 Å². The van der Waals surface area contributed by atoms with Crippen LogP contribution in [-0.4, -0.2) is 4.98 Å². The molecule has 1 rings (SSSR count). The summed E-state index contributed by atoms with van der Waals surface area (Å²) in [5.74, 6) is 0.623. The summed E-state index contributed by atoms with van der Waals surface area (Å²) in [6.45, 7) is 6.37. The number of hydrogen-bond acceptors (Lipinski definition) is 2. The van der Waals surface area contributed by atoms with E-state index in [1.807, 2.05) is 13.1 Å². The third-order valence-corrected chi connectivity index (χ3v) is 2.16. The third-order valence-electron chi connectivity index (χ3n) is 1.28. The van der Waals surface area contributed by atoms with E-state index in [-0.39, 0.29) is 0 Å². The van der Waals surface area contributed by atoms with Crippen LogP contribution in [0.3, 0.4) is 0 Å². The predicted octanol–water partition coefficient (Wildman–Crippen LogP) is 3.12. The highest BCUT2D eigenvalue weighted by Crippen LogP contribution is 2.13. The Hall–Kier alpha value is -0.630. The van der Waals surface area contributed by atoms with Crippen molar-refractivity contribution in [2.75, 3.05) is 0 Å². The van der Waals surface area contributed by atoms with E-state index in [1.54, 1.807) is 11.3 Å². The molecule has 0 unspecified atom stereocenters. The normalized spacial score (nSPS) is 11.6. The molecule has 0 aromatic carbocycles. The van der Waals surface area contributed by atoms with Crippen LogP contribution in [-0.2, 0) is 0 Å². The van der Waals surface area contributed by atoms with Crippen molar-refractivity contribution >= 4 is 17.4 Å². The molecule has 1 aromatic heterocycles. The van der Waals surface area contributed by atoms with E-state index >= 15 is 0 Å². The summed E-state index contributed by atoms with van der Waals surface area (Å²) in [6.07, 6.45) is 6.24. The maximum Gasteiger partial charge on any atom is 0.0900 e. The van der Waals surface area contributed by atoms with Gasteiger partial charge in [-0.15, -0.1) is 11.3 Å². The Bertz CT molecular complexity index is 248. The first kappa shape index (κ1) is 8.47. The monoisotopic (exact) mass is 167 g/mol. The van der Waals surface area contributed by atoms with Gasteiger partial charge in [0.25, 0.3) is 0 Å². The zero-order valence-corrected chi connectivity index (χ0v) is 7.98. The summed E-state index contributed by atoms with van der Waals surface area (Å²) in [5, 5.41) is 1.13. The molecular formula is C9H13NS. The van der Waals surface area contributed by atoms with Crippen molar-refractivity contribution in [2.24, 2.45) is 5.92 Å². The Morgan fingerprint density at radius 2 is 2.27 bits per heavy atom. The smallest absolute Gasteiger partial charge is 0.0900 e. The van der Waals surface area contributed by atoms with Crippen molar-refractivity contribution in [3.63, 3.8) is 0 Å². The van der Waals surface area contributed by atoms with Gasteiger partial charge in [0.05, 0.1) is 5.01 Å². The van der Waals surface area contributed by atoms with Crippen LogP contribution in [0, 0.1) is 12.8 Å². The molecule has 0 amide bonds. The minimum Gasteiger partial charge on any atom is -0.249 e. The number of nitrogens with zero attached hydrogens (tertiary/aromatic N) is 1. The maximum absolute atomic E-state index is 4.16. The third kappa shape index (κ3) is 2.85. The van der Waals surface area contributed by atoms with E-state index in [0.29, 0.717) is 5.92 Å². The molecule has 0 spiro atoms. The molecule has 1 aromatic rings. The molecule has 0 atom stereocenters. The molecule has 11 heavy (non-hydrogen) atoms. The van der Waals surface area contributed by atoms with Gasteiger partial charge in [0.1, 0.15) is 0 Å². The van der Waals surface area contributed by atoms with Gasteiger partial charge in [0, 0.05) is 11.1 Å². The Balaban J connectivity index is 2.64. The van der Waals surface area contributed by atoms with Gasteiger partial charge in [-0.05, 0) is 18.9 Å². The average molecular weight is 167 g/mol. The number of hydrogen-bond donors (Lipinski definition) is 0. The van der Waals surface area contributed by atoms with Gasteiger partial charge in [-0.1, -0.05) is 19.9 Å². The van der Waals surface area contributed by atoms with Crippen molar-refractivity contribution in [1.82, 2.24) is 4.98 Å². The fourth-order valence-corrected chi connectivity index (χ4v) is 1.44. The minimum absolute atomic E-state index is 0.623. The highest BCUT2D eigenvalue weighted by atomic mass is 32.1. The highest BCUT2D eigenvalue weighted by Gasteiger charge is 1.92. The molecule has 1 heterocycles. The van der Waals surface area contributed by atoms with Crippen molar-refractivity contribution in [3.8, 4) is 0 Å². The van der Waals surface area contributed by atoms with E-state index < -0.39 is 0 Å². The molecule has 0 fully saturated rings. The minimum atomic E-state index is 0.623. The number of thiazole rings is 1. The van der Waals surface area contributed by atoms with Crippen LogP contribution >= 0.6 is 11.3 Å². The Labute approximate surface area is 71.8 Å². The Morgan fingerprint density at radius 3 is 2.73 bits per heavy atom. The lowest BCUT2D eigenvalue weighted by Crippen LogP contribution is -1.74. The standard InChI is InChI=1S/C9H13NS/c1-7(2)4-5-9-6-10-8(3)11-9/h4-7H,1-3H3/b5-4+. The van der Waals surface area contributed by atoms with Crippen LogP contribution < -0.4 is 0 Å². The fraction of sp³-hybridized carbons (Fsp3) is 0.444. The average Bonchev–Trinajstić information content (AvgIpc) is 2.31. The van der Waals surface area contributed by atoms with Crippen LogP contribution in [0.15, 0.2) is 12.3 Å². The van der Waals surface area contributed by atoms with Gasteiger partial charge < -0.3 is 0 Å². The van der Waals surface area contributed by atoms with Crippen molar-refractivity contribution in [1.29, 1.82) is 0 Å². The van der Waals surface area contributed by atoms with Crippen molar-refractivity contribution in [3.05, 3.63) is 22.2 Å². The molecule has 2 heteroatoms. The molecule has 0 N–H and O–H groups in total. The van der Waals surface area contributed by atoms with Crippen molar-refractivity contribution in [2.45, 2.75) is 20.8 Å². The van der Waals surface area contributed by atoms with E-state index in [2.05, 4.69) is 31.0 Å². The second-order valence-electron chi connectivity index (χ2n) is 2.88. The molecule has 0 aliphatic rings. The van der Waals surface area contributed by atoms with Crippen LogP contribution in [0.2, 0.25) is 0 Å². The van der Waals surface area contributed by atoms with Crippen LogP contribution in [0.1, 0.15) is 23.7 Å². The SMILES string of the molecule is Cc1ncc(/C=C/C(C)C)s1. The lowest BCUT2D eigenvalue weighted by molar-refractivity contribution is 0.836. The Morgan fingerprint density at radius 1 is 1.55 bits per heavy atom. The van der Waals surface area contributed by atoms with E-state index in [4.69, 9.17) is 0 Å². The zero-order chi connectivity index (χ0) is 8.27. The van der Waals surface area contributed by atoms with Gasteiger partial charge >= 0.3 is 0 Å².